The van der Waals surface area contributed by atoms with Gasteiger partial charge in [0.2, 0.25) is 5.91 Å². The molecule has 0 radical (unpaired) electrons. The van der Waals surface area contributed by atoms with Crippen molar-refractivity contribution in [3.8, 4) is 5.75 Å². The Hall–Kier alpha value is -4.39. The van der Waals surface area contributed by atoms with E-state index in [4.69, 9.17) is 16.3 Å². The number of nitrogens with zero attached hydrogens (tertiary/aromatic N) is 3. The molecule has 0 saturated heterocycles. The van der Waals surface area contributed by atoms with Crippen LogP contribution in [0.25, 0.3) is 16.4 Å². The van der Waals surface area contributed by atoms with Gasteiger partial charge in [0, 0.05) is 29.7 Å². The number of fused-ring (bicyclic) bond motifs is 1. The van der Waals surface area contributed by atoms with E-state index >= 15 is 0 Å². The van der Waals surface area contributed by atoms with Gasteiger partial charge in [0.05, 0.1) is 5.02 Å². The number of carbonyl (C=O) groups is 2. The molecule has 5 aromatic rings. The van der Waals surface area contributed by atoms with Crippen molar-refractivity contribution in [3.63, 3.8) is 0 Å². The third-order valence-corrected chi connectivity index (χ3v) is 7.61. The summed E-state index contributed by atoms with van der Waals surface area (Å²) in [4.78, 5) is 39.0. The van der Waals surface area contributed by atoms with Crippen molar-refractivity contribution in [3.05, 3.63) is 98.7 Å². The molecule has 0 bridgehead atoms. The first-order chi connectivity index (χ1) is 19.9. The van der Waals surface area contributed by atoms with Crippen molar-refractivity contribution < 1.29 is 18.7 Å². The topological polar surface area (TPSA) is 118 Å². The van der Waals surface area contributed by atoms with Gasteiger partial charge in [-0.2, -0.15) is 0 Å². The van der Waals surface area contributed by atoms with E-state index in [0.717, 1.165) is 16.2 Å². The Morgan fingerprint density at radius 1 is 1.05 bits per heavy atom. The average molecular weight is 609 g/mol. The number of rotatable bonds is 11. The maximum Gasteiger partial charge on any atom is 0.280 e. The first-order valence-corrected chi connectivity index (χ1v) is 14.3. The molecule has 208 valence electrons. The largest absolute Gasteiger partial charge is 0.487 e. The maximum absolute atomic E-state index is 13.4. The third kappa shape index (κ3) is 7.63. The molecule has 41 heavy (non-hydrogen) atoms. The van der Waals surface area contributed by atoms with Gasteiger partial charge >= 0.3 is 0 Å². The van der Waals surface area contributed by atoms with Gasteiger partial charge in [0.1, 0.15) is 34.8 Å². The molecule has 0 fully saturated rings. The highest BCUT2D eigenvalue weighted by molar-refractivity contribution is 7.20. The molecule has 0 saturated carbocycles. The summed E-state index contributed by atoms with van der Waals surface area (Å²) < 4.78 is 19.1. The average Bonchev–Trinajstić information content (AvgIpc) is 3.65. The number of hydrogen-bond donors (Lipinski definition) is 3. The number of amides is 2. The predicted molar refractivity (Wildman–Crippen MR) is 159 cm³/mol. The van der Waals surface area contributed by atoms with Gasteiger partial charge in [-0.3, -0.25) is 9.59 Å². The van der Waals surface area contributed by atoms with Crippen LogP contribution in [0.1, 0.15) is 20.2 Å². The predicted octanol–water partition coefficient (Wildman–Crippen LogP) is 5.82. The number of thiophene rings is 1. The van der Waals surface area contributed by atoms with E-state index in [1.807, 2.05) is 17.5 Å². The van der Waals surface area contributed by atoms with Crippen molar-refractivity contribution in [2.75, 3.05) is 18.4 Å². The lowest BCUT2D eigenvalue weighted by Crippen LogP contribution is -2.33. The van der Waals surface area contributed by atoms with Crippen LogP contribution >= 0.6 is 34.3 Å². The van der Waals surface area contributed by atoms with Crippen molar-refractivity contribution in [1.29, 1.82) is 0 Å². The Bertz CT molecular complexity index is 1710. The van der Waals surface area contributed by atoms with E-state index in [1.165, 1.54) is 35.9 Å². The minimum atomic E-state index is -0.384. The number of nitrogens with one attached hydrogen (secondary N) is 3. The fourth-order valence-corrected chi connectivity index (χ4v) is 5.28. The standard InChI is InChI=1S/C28H22ClFN6O3S2/c29-21-14-19(6-8-22(21)39-15-17-3-1-4-18(30)13-17)35-25-24-27(34-16-33-25)41-28(36-24)26(38)32-11-10-31-23(37)9-7-20-5-2-12-40-20/h1-9,12-14,16H,10-11,15H2,(H,31,37)(H,32,38)(H,33,34,35). The zero-order valence-corrected chi connectivity index (χ0v) is 23.7. The van der Waals surface area contributed by atoms with Gasteiger partial charge in [-0.1, -0.05) is 41.1 Å². The quantitative estimate of drug-likeness (QED) is 0.128. The van der Waals surface area contributed by atoms with E-state index in [1.54, 1.807) is 36.4 Å². The van der Waals surface area contributed by atoms with Crippen LogP contribution < -0.4 is 20.7 Å². The molecule has 5 rings (SSSR count). The van der Waals surface area contributed by atoms with E-state index < -0.39 is 0 Å². The molecule has 0 spiro atoms. The van der Waals surface area contributed by atoms with Gasteiger partial charge in [0.15, 0.2) is 10.8 Å². The lowest BCUT2D eigenvalue weighted by atomic mass is 10.2. The molecular weight excluding hydrogens is 587 g/mol. The maximum atomic E-state index is 13.4. The Kier molecular flexibility index (Phi) is 9.14. The summed E-state index contributed by atoms with van der Waals surface area (Å²) >= 11 is 9.07. The highest BCUT2D eigenvalue weighted by atomic mass is 35.5. The van der Waals surface area contributed by atoms with Gasteiger partial charge in [0.25, 0.3) is 5.91 Å². The highest BCUT2D eigenvalue weighted by Crippen LogP contribution is 2.32. The van der Waals surface area contributed by atoms with Crippen LogP contribution in [0.2, 0.25) is 5.02 Å². The monoisotopic (exact) mass is 608 g/mol. The van der Waals surface area contributed by atoms with Crippen LogP contribution in [0.4, 0.5) is 15.9 Å². The molecule has 3 heterocycles. The van der Waals surface area contributed by atoms with E-state index in [2.05, 4.69) is 30.9 Å². The molecule has 9 nitrogen and oxygen atoms in total. The van der Waals surface area contributed by atoms with E-state index in [0.29, 0.717) is 38.2 Å². The van der Waals surface area contributed by atoms with Crippen LogP contribution in [-0.2, 0) is 11.4 Å². The first-order valence-electron chi connectivity index (χ1n) is 12.3. The second-order valence-electron chi connectivity index (χ2n) is 8.48. The molecule has 0 atom stereocenters. The Balaban J connectivity index is 1.16. The third-order valence-electron chi connectivity index (χ3n) is 5.52. The number of aromatic nitrogens is 3. The lowest BCUT2D eigenvalue weighted by Gasteiger charge is -2.11. The van der Waals surface area contributed by atoms with Gasteiger partial charge in [-0.15, -0.1) is 11.3 Å². The number of benzene rings is 2. The summed E-state index contributed by atoms with van der Waals surface area (Å²) in [5.74, 6) is -0.121. The minimum Gasteiger partial charge on any atom is -0.487 e. The van der Waals surface area contributed by atoms with Crippen LogP contribution in [0, 0.1) is 5.82 Å². The molecule has 2 aromatic carbocycles. The first kappa shape index (κ1) is 28.1. The van der Waals surface area contributed by atoms with Crippen molar-refractivity contribution in [2.24, 2.45) is 0 Å². The van der Waals surface area contributed by atoms with Crippen LogP contribution in [0.5, 0.6) is 5.75 Å². The smallest absolute Gasteiger partial charge is 0.280 e. The summed E-state index contributed by atoms with van der Waals surface area (Å²) in [6, 6.07) is 15.1. The number of anilines is 2. The van der Waals surface area contributed by atoms with Crippen molar-refractivity contribution in [2.45, 2.75) is 6.61 Å². The lowest BCUT2D eigenvalue weighted by molar-refractivity contribution is -0.116. The molecule has 0 aliphatic rings. The summed E-state index contributed by atoms with van der Waals surface area (Å²) in [5.41, 5.74) is 1.73. The highest BCUT2D eigenvalue weighted by Gasteiger charge is 2.16. The number of thiazole rings is 1. The Morgan fingerprint density at radius 3 is 2.73 bits per heavy atom. The van der Waals surface area contributed by atoms with Gasteiger partial charge in [-0.05, 0) is 53.4 Å². The summed E-state index contributed by atoms with van der Waals surface area (Å²) in [6.45, 7) is 0.662. The van der Waals surface area contributed by atoms with Gasteiger partial charge < -0.3 is 20.7 Å². The normalized spacial score (nSPS) is 11.1. The fourth-order valence-electron chi connectivity index (χ4n) is 3.60. The Labute approximate surface area is 247 Å². The van der Waals surface area contributed by atoms with Gasteiger partial charge in [-0.25, -0.2) is 19.3 Å². The SMILES string of the molecule is O=C(C=Cc1cccs1)NCCNC(=O)c1nc2c(Nc3ccc(OCc4cccc(F)c4)c(Cl)c3)ncnc2s1. The molecule has 0 aliphatic carbocycles. The van der Waals surface area contributed by atoms with Crippen LogP contribution in [0.15, 0.2) is 72.4 Å². The van der Waals surface area contributed by atoms with Crippen LogP contribution in [0.3, 0.4) is 0 Å². The molecule has 13 heteroatoms. The fraction of sp³-hybridized carbons (Fsp3) is 0.107. The van der Waals surface area contributed by atoms with Crippen molar-refractivity contribution in [1.82, 2.24) is 25.6 Å². The molecular formula is C28H22ClFN6O3S2. The molecule has 2 amide bonds. The molecule has 3 N–H and O–H groups in total. The van der Waals surface area contributed by atoms with Crippen LogP contribution in [-0.4, -0.2) is 39.9 Å². The minimum absolute atomic E-state index is 0.166. The van der Waals surface area contributed by atoms with E-state index in [9.17, 15) is 14.0 Å². The zero-order chi connectivity index (χ0) is 28.6. The Morgan fingerprint density at radius 2 is 1.93 bits per heavy atom. The summed E-state index contributed by atoms with van der Waals surface area (Å²) in [6.07, 6.45) is 4.56. The number of hydrogen-bond acceptors (Lipinski definition) is 9. The van der Waals surface area contributed by atoms with Crippen molar-refractivity contribution >= 4 is 74.0 Å². The molecule has 0 aliphatic heterocycles. The second kappa shape index (κ2) is 13.3. The zero-order valence-electron chi connectivity index (χ0n) is 21.3. The summed E-state index contributed by atoms with van der Waals surface area (Å²) in [7, 11) is 0. The molecule has 3 aromatic heterocycles. The molecule has 0 unspecified atom stereocenters. The number of ether oxygens (including phenoxy) is 1. The van der Waals surface area contributed by atoms with E-state index in [-0.39, 0.29) is 42.3 Å². The number of carbonyl (C=O) groups excluding carboxylic acids is 2. The summed E-state index contributed by atoms with van der Waals surface area (Å²) in [5, 5.41) is 11.1. The number of halogens is 2. The second-order valence-corrected chi connectivity index (χ2v) is 10.8.